The number of nitrogens with one attached hydrogen (secondary N) is 1. The molecular formula is C14H22N2O3. The Bertz CT molecular complexity index is 411. The monoisotopic (exact) mass is 266 g/mol. The minimum Gasteiger partial charge on any atom is -0.463 e. The fraction of sp³-hybridized carbons (Fsp3) is 0.643. The molecular weight excluding hydrogens is 244 g/mol. The van der Waals surface area contributed by atoms with Crippen molar-refractivity contribution in [2.24, 2.45) is 0 Å². The number of ether oxygens (including phenoxy) is 1. The van der Waals surface area contributed by atoms with Gasteiger partial charge in [-0.05, 0) is 44.6 Å². The average molecular weight is 266 g/mol. The summed E-state index contributed by atoms with van der Waals surface area (Å²) >= 11 is 0. The van der Waals surface area contributed by atoms with Gasteiger partial charge in [-0.3, -0.25) is 4.90 Å². The topological polar surface area (TPSA) is 54.7 Å². The number of piperidine rings is 1. The van der Waals surface area contributed by atoms with Crippen LogP contribution in [-0.2, 0) is 11.3 Å². The van der Waals surface area contributed by atoms with Crippen molar-refractivity contribution in [3.05, 3.63) is 23.7 Å². The Hall–Kier alpha value is -1.33. The maximum atomic E-state index is 11.3. The maximum absolute atomic E-state index is 11.3. The molecule has 0 amide bonds. The molecule has 1 aromatic heterocycles. The van der Waals surface area contributed by atoms with E-state index < -0.39 is 5.97 Å². The Morgan fingerprint density at radius 1 is 1.47 bits per heavy atom. The first-order chi connectivity index (χ1) is 9.24. The van der Waals surface area contributed by atoms with Gasteiger partial charge in [-0.1, -0.05) is 6.92 Å². The van der Waals surface area contributed by atoms with Gasteiger partial charge in [0.2, 0.25) is 5.76 Å². The van der Waals surface area contributed by atoms with E-state index in [4.69, 9.17) is 4.42 Å². The van der Waals surface area contributed by atoms with E-state index >= 15 is 0 Å². The molecule has 5 nitrogen and oxygen atoms in total. The normalized spacial score (nSPS) is 16.8. The Morgan fingerprint density at radius 3 is 2.84 bits per heavy atom. The van der Waals surface area contributed by atoms with Crippen LogP contribution in [0.15, 0.2) is 16.5 Å². The van der Waals surface area contributed by atoms with Crippen molar-refractivity contribution < 1.29 is 13.9 Å². The van der Waals surface area contributed by atoms with E-state index in [-0.39, 0.29) is 5.76 Å². The van der Waals surface area contributed by atoms with E-state index in [1.165, 1.54) is 20.0 Å². The van der Waals surface area contributed by atoms with Crippen LogP contribution in [0.4, 0.5) is 0 Å². The summed E-state index contributed by atoms with van der Waals surface area (Å²) in [5, 5.41) is 3.37. The third-order valence-electron chi connectivity index (χ3n) is 3.64. The van der Waals surface area contributed by atoms with Crippen molar-refractivity contribution >= 4 is 5.97 Å². The maximum Gasteiger partial charge on any atom is 0.373 e. The lowest BCUT2D eigenvalue weighted by Gasteiger charge is -2.33. The molecule has 106 valence electrons. The molecule has 0 atom stereocenters. The number of carbonyl (C=O) groups excluding carboxylic acids is 1. The predicted molar refractivity (Wildman–Crippen MR) is 72.0 cm³/mol. The molecule has 1 fully saturated rings. The predicted octanol–water partition coefficient (Wildman–Crippen LogP) is 1.64. The fourth-order valence-corrected chi connectivity index (χ4v) is 2.54. The van der Waals surface area contributed by atoms with Gasteiger partial charge in [0, 0.05) is 6.04 Å². The van der Waals surface area contributed by atoms with Crippen LogP contribution in [0, 0.1) is 0 Å². The molecule has 1 aromatic rings. The number of hydrogen-bond donors (Lipinski definition) is 1. The zero-order chi connectivity index (χ0) is 13.7. The molecule has 1 aliphatic rings. The molecule has 0 saturated carbocycles. The number of methoxy groups -OCH3 is 1. The summed E-state index contributed by atoms with van der Waals surface area (Å²) in [5.74, 6) is 0.677. The van der Waals surface area contributed by atoms with Crippen molar-refractivity contribution in [3.63, 3.8) is 0 Å². The van der Waals surface area contributed by atoms with E-state index in [1.807, 2.05) is 6.07 Å². The molecule has 0 aromatic carbocycles. The molecule has 2 rings (SSSR count). The van der Waals surface area contributed by atoms with Crippen molar-refractivity contribution in [3.8, 4) is 0 Å². The molecule has 0 aliphatic carbocycles. The van der Waals surface area contributed by atoms with Crippen molar-refractivity contribution in [2.45, 2.75) is 32.4 Å². The lowest BCUT2D eigenvalue weighted by molar-refractivity contribution is 0.0559. The van der Waals surface area contributed by atoms with Crippen LogP contribution >= 0.6 is 0 Å². The third kappa shape index (κ3) is 3.58. The van der Waals surface area contributed by atoms with Crippen LogP contribution in [0.25, 0.3) is 0 Å². The van der Waals surface area contributed by atoms with E-state index in [0.717, 1.165) is 31.9 Å². The van der Waals surface area contributed by atoms with E-state index in [9.17, 15) is 4.79 Å². The fourth-order valence-electron chi connectivity index (χ4n) is 2.54. The van der Waals surface area contributed by atoms with Crippen LogP contribution in [0.1, 0.15) is 36.1 Å². The summed E-state index contributed by atoms with van der Waals surface area (Å²) in [5.41, 5.74) is 0. The minimum atomic E-state index is -0.420. The SMILES string of the molecule is CCN(Cc1ccc(C(=O)OC)o1)C1CCNCC1. The van der Waals surface area contributed by atoms with Gasteiger partial charge in [0.1, 0.15) is 5.76 Å². The zero-order valence-electron chi connectivity index (χ0n) is 11.6. The number of hydrogen-bond acceptors (Lipinski definition) is 5. The summed E-state index contributed by atoms with van der Waals surface area (Å²) in [6, 6.07) is 4.13. The number of furan rings is 1. The Kier molecular flexibility index (Phi) is 4.99. The lowest BCUT2D eigenvalue weighted by atomic mass is 10.0. The third-order valence-corrected chi connectivity index (χ3v) is 3.64. The molecule has 19 heavy (non-hydrogen) atoms. The highest BCUT2D eigenvalue weighted by atomic mass is 16.5. The highest BCUT2D eigenvalue weighted by Gasteiger charge is 2.21. The van der Waals surface area contributed by atoms with Gasteiger partial charge in [0.15, 0.2) is 0 Å². The number of esters is 1. The lowest BCUT2D eigenvalue weighted by Crippen LogP contribution is -2.42. The molecule has 2 heterocycles. The summed E-state index contributed by atoms with van der Waals surface area (Å²) in [6.07, 6.45) is 2.33. The quantitative estimate of drug-likeness (QED) is 0.821. The van der Waals surface area contributed by atoms with E-state index in [1.54, 1.807) is 6.07 Å². The molecule has 1 N–H and O–H groups in total. The van der Waals surface area contributed by atoms with Gasteiger partial charge in [0.25, 0.3) is 0 Å². The highest BCUT2D eigenvalue weighted by Crippen LogP contribution is 2.17. The summed E-state index contributed by atoms with van der Waals surface area (Å²) < 4.78 is 10.2. The molecule has 1 aliphatic heterocycles. The Morgan fingerprint density at radius 2 is 2.21 bits per heavy atom. The van der Waals surface area contributed by atoms with Crippen LogP contribution in [-0.4, -0.2) is 43.7 Å². The van der Waals surface area contributed by atoms with Crippen molar-refractivity contribution in [2.75, 3.05) is 26.7 Å². The van der Waals surface area contributed by atoms with Gasteiger partial charge < -0.3 is 14.5 Å². The summed E-state index contributed by atoms with van der Waals surface area (Å²) in [4.78, 5) is 13.7. The van der Waals surface area contributed by atoms with Gasteiger partial charge in [-0.15, -0.1) is 0 Å². The van der Waals surface area contributed by atoms with Gasteiger partial charge in [0.05, 0.1) is 13.7 Å². The minimum absolute atomic E-state index is 0.277. The Balaban J connectivity index is 1.97. The standard InChI is InChI=1S/C14H22N2O3/c1-3-16(11-6-8-15-9-7-11)10-12-4-5-13(19-12)14(17)18-2/h4-5,11,15H,3,6-10H2,1-2H3. The number of nitrogens with zero attached hydrogens (tertiary/aromatic N) is 1. The first-order valence-electron chi connectivity index (χ1n) is 6.86. The molecule has 5 heteroatoms. The zero-order valence-corrected chi connectivity index (χ0v) is 11.6. The summed E-state index contributed by atoms with van der Waals surface area (Å²) in [6.45, 7) is 6.04. The van der Waals surface area contributed by atoms with Crippen molar-refractivity contribution in [1.82, 2.24) is 10.2 Å². The van der Waals surface area contributed by atoms with Crippen molar-refractivity contribution in [1.29, 1.82) is 0 Å². The first kappa shape index (κ1) is 14.1. The molecule has 0 radical (unpaired) electrons. The molecule has 0 unspecified atom stereocenters. The van der Waals surface area contributed by atoms with Gasteiger partial charge in [-0.25, -0.2) is 4.79 Å². The molecule has 0 bridgehead atoms. The number of rotatable bonds is 5. The largest absolute Gasteiger partial charge is 0.463 e. The highest BCUT2D eigenvalue weighted by molar-refractivity contribution is 5.86. The Labute approximate surface area is 113 Å². The second-order valence-electron chi connectivity index (χ2n) is 4.80. The van der Waals surface area contributed by atoms with Crippen LogP contribution in [0.3, 0.4) is 0 Å². The first-order valence-corrected chi connectivity index (χ1v) is 6.86. The molecule has 0 spiro atoms. The van der Waals surface area contributed by atoms with Crippen LogP contribution in [0.2, 0.25) is 0 Å². The van der Waals surface area contributed by atoms with Gasteiger partial charge >= 0.3 is 5.97 Å². The smallest absolute Gasteiger partial charge is 0.373 e. The van der Waals surface area contributed by atoms with Crippen LogP contribution in [0.5, 0.6) is 0 Å². The number of carbonyl (C=O) groups is 1. The van der Waals surface area contributed by atoms with Crippen LogP contribution < -0.4 is 5.32 Å². The average Bonchev–Trinajstić information content (AvgIpc) is 2.93. The van der Waals surface area contributed by atoms with Gasteiger partial charge in [-0.2, -0.15) is 0 Å². The second kappa shape index (κ2) is 6.73. The molecule has 1 saturated heterocycles. The summed E-state index contributed by atoms with van der Waals surface area (Å²) in [7, 11) is 1.36. The second-order valence-corrected chi connectivity index (χ2v) is 4.80. The van der Waals surface area contributed by atoms with E-state index in [0.29, 0.717) is 6.04 Å². The van der Waals surface area contributed by atoms with E-state index in [2.05, 4.69) is 21.9 Å².